The Kier molecular flexibility index (Phi) is 1.74. The molecular formula is C11H15N3. The van der Waals surface area contributed by atoms with Crippen LogP contribution in [0.2, 0.25) is 0 Å². The van der Waals surface area contributed by atoms with Crippen LogP contribution in [0.1, 0.15) is 12.1 Å². The van der Waals surface area contributed by atoms with E-state index in [1.54, 1.807) is 0 Å². The third-order valence-corrected chi connectivity index (χ3v) is 3.28. The van der Waals surface area contributed by atoms with Crippen LogP contribution in [0.4, 0.5) is 5.69 Å². The van der Waals surface area contributed by atoms with Crippen LogP contribution in [0, 0.1) is 6.92 Å². The molecule has 3 heterocycles. The van der Waals surface area contributed by atoms with Gasteiger partial charge < -0.3 is 10.2 Å². The second-order valence-corrected chi connectivity index (χ2v) is 4.30. The van der Waals surface area contributed by atoms with E-state index in [1.807, 2.05) is 13.1 Å². The number of aromatic nitrogens is 1. The van der Waals surface area contributed by atoms with Gasteiger partial charge in [0.2, 0.25) is 0 Å². The zero-order chi connectivity index (χ0) is 9.54. The number of nitrogens with one attached hydrogen (secondary N) is 1. The van der Waals surface area contributed by atoms with Crippen LogP contribution in [-0.2, 0) is 0 Å². The second kappa shape index (κ2) is 2.95. The molecular weight excluding hydrogens is 174 g/mol. The molecule has 2 saturated heterocycles. The highest BCUT2D eigenvalue weighted by Crippen LogP contribution is 2.28. The fourth-order valence-corrected chi connectivity index (χ4v) is 2.51. The summed E-state index contributed by atoms with van der Waals surface area (Å²) in [5.41, 5.74) is 2.38. The lowest BCUT2D eigenvalue weighted by atomic mass is 10.2. The first-order valence-corrected chi connectivity index (χ1v) is 5.25. The van der Waals surface area contributed by atoms with E-state index in [0.29, 0.717) is 12.1 Å². The first kappa shape index (κ1) is 8.24. The largest absolute Gasteiger partial charge is 0.364 e. The molecule has 1 aromatic rings. The van der Waals surface area contributed by atoms with Crippen LogP contribution < -0.4 is 10.2 Å². The van der Waals surface area contributed by atoms with E-state index in [0.717, 1.165) is 18.8 Å². The molecule has 0 amide bonds. The van der Waals surface area contributed by atoms with Crippen molar-refractivity contribution in [3.8, 4) is 0 Å². The van der Waals surface area contributed by atoms with E-state index in [4.69, 9.17) is 0 Å². The smallest absolute Gasteiger partial charge is 0.0556 e. The van der Waals surface area contributed by atoms with Crippen molar-refractivity contribution in [2.45, 2.75) is 25.4 Å². The van der Waals surface area contributed by atoms with Gasteiger partial charge in [0, 0.05) is 30.9 Å². The van der Waals surface area contributed by atoms with Gasteiger partial charge in [0.1, 0.15) is 0 Å². The highest BCUT2D eigenvalue weighted by atomic mass is 15.3. The molecule has 2 aliphatic rings. The summed E-state index contributed by atoms with van der Waals surface area (Å²) in [7, 11) is 0. The Bertz CT molecular complexity index is 333. The van der Waals surface area contributed by atoms with Gasteiger partial charge in [-0.3, -0.25) is 4.98 Å². The van der Waals surface area contributed by atoms with Crippen LogP contribution in [0.15, 0.2) is 18.3 Å². The summed E-state index contributed by atoms with van der Waals surface area (Å²) in [6.45, 7) is 4.31. The zero-order valence-electron chi connectivity index (χ0n) is 8.40. The highest BCUT2D eigenvalue weighted by Gasteiger charge is 2.37. The minimum Gasteiger partial charge on any atom is -0.364 e. The molecule has 1 aromatic heterocycles. The molecule has 2 atom stereocenters. The lowest BCUT2D eigenvalue weighted by Gasteiger charge is -2.29. The number of hydrogen-bond acceptors (Lipinski definition) is 3. The van der Waals surface area contributed by atoms with Gasteiger partial charge in [-0.25, -0.2) is 0 Å². The van der Waals surface area contributed by atoms with Crippen molar-refractivity contribution < 1.29 is 0 Å². The summed E-state index contributed by atoms with van der Waals surface area (Å²) >= 11 is 0. The normalized spacial score (nSPS) is 29.9. The van der Waals surface area contributed by atoms with Crippen molar-refractivity contribution in [2.75, 3.05) is 18.0 Å². The Balaban J connectivity index is 1.86. The van der Waals surface area contributed by atoms with Crippen molar-refractivity contribution in [1.82, 2.24) is 10.3 Å². The molecule has 74 valence electrons. The van der Waals surface area contributed by atoms with Crippen LogP contribution in [0.5, 0.6) is 0 Å². The maximum Gasteiger partial charge on any atom is 0.0556 e. The molecule has 3 heteroatoms. The quantitative estimate of drug-likeness (QED) is 0.712. The number of fused-ring (bicyclic) bond motifs is 2. The minimum absolute atomic E-state index is 0.699. The fraction of sp³-hybridized carbons (Fsp3) is 0.545. The molecule has 2 fully saturated rings. The van der Waals surface area contributed by atoms with E-state index in [-0.39, 0.29) is 0 Å². The fourth-order valence-electron chi connectivity index (χ4n) is 2.51. The molecule has 1 N–H and O–H groups in total. The van der Waals surface area contributed by atoms with E-state index in [2.05, 4.69) is 27.3 Å². The van der Waals surface area contributed by atoms with Crippen LogP contribution in [0.25, 0.3) is 0 Å². The maximum atomic E-state index is 4.35. The van der Waals surface area contributed by atoms with Gasteiger partial charge in [-0.15, -0.1) is 0 Å². The SMILES string of the molecule is Cc1ccc(N2C[C@H]3C[C@@H]2CN3)cn1. The average Bonchev–Trinajstić information content (AvgIpc) is 2.80. The van der Waals surface area contributed by atoms with Gasteiger partial charge in [0.05, 0.1) is 11.9 Å². The maximum absolute atomic E-state index is 4.35. The number of hydrogen-bond donors (Lipinski definition) is 1. The van der Waals surface area contributed by atoms with Crippen LogP contribution >= 0.6 is 0 Å². The monoisotopic (exact) mass is 189 g/mol. The molecule has 0 spiro atoms. The molecule has 3 rings (SSSR count). The first-order valence-electron chi connectivity index (χ1n) is 5.25. The summed E-state index contributed by atoms with van der Waals surface area (Å²) in [6, 6.07) is 5.68. The number of nitrogens with zero attached hydrogens (tertiary/aromatic N) is 2. The van der Waals surface area contributed by atoms with E-state index in [9.17, 15) is 0 Å². The van der Waals surface area contributed by atoms with Crippen molar-refractivity contribution in [2.24, 2.45) is 0 Å². The number of anilines is 1. The molecule has 0 saturated carbocycles. The molecule has 2 aliphatic heterocycles. The number of rotatable bonds is 1. The van der Waals surface area contributed by atoms with Crippen molar-refractivity contribution >= 4 is 5.69 Å². The Morgan fingerprint density at radius 3 is 3.00 bits per heavy atom. The predicted octanol–water partition coefficient (Wildman–Crippen LogP) is 0.941. The predicted molar refractivity (Wildman–Crippen MR) is 56.5 cm³/mol. The standard InChI is InChI=1S/C11H15N3/c1-8-2-3-10(5-12-8)14-7-9-4-11(14)6-13-9/h2-3,5,9,11,13H,4,6-7H2,1H3/t9-,11-/m1/s1. The summed E-state index contributed by atoms with van der Waals surface area (Å²) in [4.78, 5) is 6.82. The van der Waals surface area contributed by atoms with Crippen molar-refractivity contribution in [3.63, 3.8) is 0 Å². The summed E-state index contributed by atoms with van der Waals surface area (Å²) < 4.78 is 0. The lowest BCUT2D eigenvalue weighted by molar-refractivity contribution is 0.579. The molecule has 0 unspecified atom stereocenters. The topological polar surface area (TPSA) is 28.2 Å². The van der Waals surface area contributed by atoms with Gasteiger partial charge in [0.15, 0.2) is 0 Å². The number of piperazine rings is 1. The van der Waals surface area contributed by atoms with Gasteiger partial charge in [-0.2, -0.15) is 0 Å². The first-order chi connectivity index (χ1) is 6.83. The van der Waals surface area contributed by atoms with Crippen molar-refractivity contribution in [1.29, 1.82) is 0 Å². The Morgan fingerprint density at radius 2 is 2.43 bits per heavy atom. The Labute approximate surface area is 84.1 Å². The Hall–Kier alpha value is -1.09. The number of pyridine rings is 1. The number of aryl methyl sites for hydroxylation is 1. The summed E-state index contributed by atoms with van der Waals surface area (Å²) in [6.07, 6.45) is 3.30. The molecule has 3 nitrogen and oxygen atoms in total. The van der Waals surface area contributed by atoms with Gasteiger partial charge in [-0.1, -0.05) is 0 Å². The average molecular weight is 189 g/mol. The highest BCUT2D eigenvalue weighted by molar-refractivity contribution is 5.48. The summed E-state index contributed by atoms with van der Waals surface area (Å²) in [5.74, 6) is 0. The second-order valence-electron chi connectivity index (χ2n) is 4.30. The molecule has 0 radical (unpaired) electrons. The van der Waals surface area contributed by atoms with Crippen molar-refractivity contribution in [3.05, 3.63) is 24.0 Å². The third-order valence-electron chi connectivity index (χ3n) is 3.28. The van der Waals surface area contributed by atoms with Gasteiger partial charge >= 0.3 is 0 Å². The van der Waals surface area contributed by atoms with Crippen LogP contribution in [-0.4, -0.2) is 30.2 Å². The minimum atomic E-state index is 0.699. The third kappa shape index (κ3) is 1.20. The zero-order valence-corrected chi connectivity index (χ0v) is 8.40. The molecule has 2 bridgehead atoms. The van der Waals surface area contributed by atoms with E-state index < -0.39 is 0 Å². The molecule has 0 aliphatic carbocycles. The van der Waals surface area contributed by atoms with E-state index >= 15 is 0 Å². The Morgan fingerprint density at radius 1 is 1.50 bits per heavy atom. The lowest BCUT2D eigenvalue weighted by Crippen LogP contribution is -2.43. The van der Waals surface area contributed by atoms with E-state index in [1.165, 1.54) is 12.1 Å². The molecule has 14 heavy (non-hydrogen) atoms. The summed E-state index contributed by atoms with van der Waals surface area (Å²) in [5, 5.41) is 3.51. The van der Waals surface area contributed by atoms with Gasteiger partial charge in [0.25, 0.3) is 0 Å². The molecule has 0 aromatic carbocycles. The van der Waals surface area contributed by atoms with Gasteiger partial charge in [-0.05, 0) is 25.5 Å². The van der Waals surface area contributed by atoms with Crippen LogP contribution in [0.3, 0.4) is 0 Å².